The molecule has 0 aliphatic carbocycles. The monoisotopic (exact) mass is 326 g/mol. The maximum Gasteiger partial charge on any atom is 0.124 e. The van der Waals surface area contributed by atoms with Crippen LogP contribution in [0.4, 0.5) is 0 Å². The van der Waals surface area contributed by atoms with E-state index in [4.69, 9.17) is 33.0 Å². The van der Waals surface area contributed by atoms with Gasteiger partial charge in [0.25, 0.3) is 0 Å². The van der Waals surface area contributed by atoms with Crippen LogP contribution in [0, 0.1) is 11.8 Å². The van der Waals surface area contributed by atoms with Crippen molar-refractivity contribution in [1.82, 2.24) is 0 Å². The third-order valence-electron chi connectivity index (χ3n) is 2.41. The maximum atomic E-state index is 8.72. The first-order chi connectivity index (χ1) is 9.69. The predicted octanol–water partition coefficient (Wildman–Crippen LogP) is 4.37. The van der Waals surface area contributed by atoms with E-state index < -0.39 is 0 Å². The highest BCUT2D eigenvalue weighted by atomic mass is 35.5. The highest BCUT2D eigenvalue weighted by molar-refractivity contribution is 7.10. The lowest BCUT2D eigenvalue weighted by Gasteiger charge is -2.06. The molecule has 1 aromatic heterocycles. The Morgan fingerprint density at radius 1 is 1.20 bits per heavy atom. The minimum atomic E-state index is 0.0734. The minimum Gasteiger partial charge on any atom is -0.488 e. The molecule has 0 saturated carbocycles. The van der Waals surface area contributed by atoms with Crippen LogP contribution in [0.15, 0.2) is 29.6 Å². The standard InChI is InChI=1S/C15H12Cl2O2S/c16-12-7-13(17)9-14(8-12)19-10-15-11(4-6-20-15)3-1-2-5-18/h4,6-9,18H,2,5,10H2. The molecule has 2 nitrogen and oxygen atoms in total. The topological polar surface area (TPSA) is 29.5 Å². The maximum absolute atomic E-state index is 8.72. The van der Waals surface area contributed by atoms with Crippen molar-refractivity contribution >= 4 is 34.5 Å². The number of halogens is 2. The summed E-state index contributed by atoms with van der Waals surface area (Å²) in [5.41, 5.74) is 0.927. The molecule has 1 heterocycles. The summed E-state index contributed by atoms with van der Waals surface area (Å²) in [4.78, 5) is 1.03. The molecule has 0 radical (unpaired) electrons. The van der Waals surface area contributed by atoms with E-state index in [0.717, 1.165) is 10.4 Å². The average molecular weight is 327 g/mol. The Kier molecular flexibility index (Phi) is 5.75. The number of aliphatic hydroxyl groups excluding tert-OH is 1. The summed E-state index contributed by atoms with van der Waals surface area (Å²) in [7, 11) is 0. The van der Waals surface area contributed by atoms with Crippen LogP contribution < -0.4 is 4.74 Å². The van der Waals surface area contributed by atoms with Crippen LogP contribution in [0.2, 0.25) is 10.0 Å². The molecule has 0 aliphatic rings. The van der Waals surface area contributed by atoms with Gasteiger partial charge in [-0.15, -0.1) is 11.3 Å². The summed E-state index contributed by atoms with van der Waals surface area (Å²) in [6.45, 7) is 0.488. The van der Waals surface area contributed by atoms with E-state index in [0.29, 0.717) is 28.8 Å². The van der Waals surface area contributed by atoms with Gasteiger partial charge < -0.3 is 9.84 Å². The lowest BCUT2D eigenvalue weighted by molar-refractivity contribution is 0.305. The Morgan fingerprint density at radius 3 is 2.65 bits per heavy atom. The number of hydrogen-bond donors (Lipinski definition) is 1. The SMILES string of the molecule is OCCC#Cc1ccsc1COc1cc(Cl)cc(Cl)c1. The van der Waals surface area contributed by atoms with Crippen molar-refractivity contribution in [2.45, 2.75) is 13.0 Å². The van der Waals surface area contributed by atoms with E-state index in [1.165, 1.54) is 0 Å². The average Bonchev–Trinajstić information content (AvgIpc) is 2.83. The molecule has 0 unspecified atom stereocenters. The van der Waals surface area contributed by atoms with Gasteiger partial charge in [0.1, 0.15) is 12.4 Å². The molecule has 1 N–H and O–H groups in total. The van der Waals surface area contributed by atoms with Gasteiger partial charge in [0.05, 0.1) is 11.5 Å². The van der Waals surface area contributed by atoms with Crippen LogP contribution in [0.5, 0.6) is 5.75 Å². The van der Waals surface area contributed by atoms with Crippen LogP contribution in [0.3, 0.4) is 0 Å². The second-order valence-corrected chi connectivity index (χ2v) is 5.80. The lowest BCUT2D eigenvalue weighted by atomic mass is 10.2. The van der Waals surface area contributed by atoms with Crippen molar-refractivity contribution in [2.75, 3.05) is 6.61 Å². The van der Waals surface area contributed by atoms with Crippen LogP contribution >= 0.6 is 34.5 Å². The molecule has 0 atom stereocenters. The molecule has 2 aromatic rings. The van der Waals surface area contributed by atoms with Crippen molar-refractivity contribution in [3.05, 3.63) is 50.1 Å². The van der Waals surface area contributed by atoms with Crippen LogP contribution in [-0.2, 0) is 6.61 Å². The third kappa shape index (κ3) is 4.43. The van der Waals surface area contributed by atoms with E-state index in [2.05, 4.69) is 11.8 Å². The van der Waals surface area contributed by atoms with Gasteiger partial charge in [-0.2, -0.15) is 0 Å². The Labute approximate surface area is 131 Å². The molecule has 0 spiro atoms. The smallest absolute Gasteiger partial charge is 0.124 e. The summed E-state index contributed by atoms with van der Waals surface area (Å²) < 4.78 is 5.68. The van der Waals surface area contributed by atoms with E-state index >= 15 is 0 Å². The molecule has 20 heavy (non-hydrogen) atoms. The summed E-state index contributed by atoms with van der Waals surface area (Å²) >= 11 is 13.4. The van der Waals surface area contributed by atoms with E-state index in [1.54, 1.807) is 29.5 Å². The van der Waals surface area contributed by atoms with Gasteiger partial charge in [-0.05, 0) is 29.6 Å². The fourth-order valence-electron chi connectivity index (χ4n) is 1.54. The number of thiophene rings is 1. The first-order valence-electron chi connectivity index (χ1n) is 5.94. The Morgan fingerprint density at radius 2 is 1.95 bits per heavy atom. The lowest BCUT2D eigenvalue weighted by Crippen LogP contribution is -1.95. The van der Waals surface area contributed by atoms with E-state index in [-0.39, 0.29) is 6.61 Å². The van der Waals surface area contributed by atoms with Gasteiger partial charge in [0, 0.05) is 22.0 Å². The largest absolute Gasteiger partial charge is 0.488 e. The molecule has 104 valence electrons. The van der Waals surface area contributed by atoms with Gasteiger partial charge in [0.2, 0.25) is 0 Å². The predicted molar refractivity (Wildman–Crippen MR) is 83.7 cm³/mol. The first kappa shape index (κ1) is 15.2. The molecule has 0 amide bonds. The van der Waals surface area contributed by atoms with Gasteiger partial charge >= 0.3 is 0 Å². The zero-order valence-electron chi connectivity index (χ0n) is 10.5. The van der Waals surface area contributed by atoms with Gasteiger partial charge in [-0.25, -0.2) is 0 Å². The Bertz CT molecular complexity index is 621. The number of benzene rings is 1. The Hall–Kier alpha value is -1.18. The Balaban J connectivity index is 2.04. The molecule has 1 aromatic carbocycles. The van der Waals surface area contributed by atoms with Crippen LogP contribution in [-0.4, -0.2) is 11.7 Å². The highest BCUT2D eigenvalue weighted by Crippen LogP contribution is 2.26. The molecule has 0 fully saturated rings. The molecular formula is C15H12Cl2O2S. The number of aliphatic hydroxyl groups is 1. The molecule has 0 saturated heterocycles. The summed E-state index contributed by atoms with van der Waals surface area (Å²) in [6, 6.07) is 7.04. The third-order valence-corrected chi connectivity index (χ3v) is 3.74. The van der Waals surface area contributed by atoms with Gasteiger partial charge in [-0.3, -0.25) is 0 Å². The van der Waals surface area contributed by atoms with Gasteiger partial charge in [-0.1, -0.05) is 35.0 Å². The molecule has 2 rings (SSSR count). The number of ether oxygens (including phenoxy) is 1. The second-order valence-electron chi connectivity index (χ2n) is 3.93. The summed E-state index contributed by atoms with van der Waals surface area (Å²) in [6.07, 6.45) is 0.472. The number of hydrogen-bond acceptors (Lipinski definition) is 3. The van der Waals surface area contributed by atoms with E-state index in [9.17, 15) is 0 Å². The zero-order chi connectivity index (χ0) is 14.4. The normalized spacial score (nSPS) is 9.95. The zero-order valence-corrected chi connectivity index (χ0v) is 12.9. The van der Waals surface area contributed by atoms with Crippen LogP contribution in [0.25, 0.3) is 0 Å². The fourth-order valence-corrected chi connectivity index (χ4v) is 2.79. The van der Waals surface area contributed by atoms with Crippen molar-refractivity contribution in [3.8, 4) is 17.6 Å². The van der Waals surface area contributed by atoms with Gasteiger partial charge in [0.15, 0.2) is 0 Å². The highest BCUT2D eigenvalue weighted by Gasteiger charge is 2.04. The first-order valence-corrected chi connectivity index (χ1v) is 7.57. The van der Waals surface area contributed by atoms with Crippen molar-refractivity contribution in [3.63, 3.8) is 0 Å². The van der Waals surface area contributed by atoms with Crippen molar-refractivity contribution in [1.29, 1.82) is 0 Å². The summed E-state index contributed by atoms with van der Waals surface area (Å²) in [5, 5.41) is 11.8. The second kappa shape index (κ2) is 7.56. The molecule has 0 bridgehead atoms. The van der Waals surface area contributed by atoms with Crippen molar-refractivity contribution < 1.29 is 9.84 Å². The fraction of sp³-hybridized carbons (Fsp3) is 0.200. The van der Waals surface area contributed by atoms with Crippen LogP contribution in [0.1, 0.15) is 16.9 Å². The molecular weight excluding hydrogens is 315 g/mol. The quantitative estimate of drug-likeness (QED) is 0.845. The molecule has 0 aliphatic heterocycles. The molecule has 5 heteroatoms. The van der Waals surface area contributed by atoms with E-state index in [1.807, 2.05) is 11.4 Å². The van der Waals surface area contributed by atoms with Crippen molar-refractivity contribution in [2.24, 2.45) is 0 Å². The number of rotatable bonds is 4. The minimum absolute atomic E-state index is 0.0734. The summed E-state index contributed by atoms with van der Waals surface area (Å²) in [5.74, 6) is 6.55.